The van der Waals surface area contributed by atoms with Crippen LogP contribution in [-0.4, -0.2) is 30.3 Å². The summed E-state index contributed by atoms with van der Waals surface area (Å²) in [5.41, 5.74) is 10.8. The second-order valence-corrected chi connectivity index (χ2v) is 13.9. The molecule has 3 unspecified atom stereocenters. The molecule has 258 valence electrons. The topological polar surface area (TPSA) is 60.3 Å². The summed E-state index contributed by atoms with van der Waals surface area (Å²) in [4.78, 5) is 2.25. The molecular weight excluding hydrogens is 641 g/mol. The van der Waals surface area contributed by atoms with Crippen LogP contribution in [0.1, 0.15) is 42.0 Å². The Hall–Kier alpha value is -5.95. The summed E-state index contributed by atoms with van der Waals surface area (Å²) in [6.45, 7) is 5.11. The Balaban J connectivity index is 0.999. The number of hydrogen-bond donors (Lipinski definition) is 2. The molecule has 2 N–H and O–H groups in total. The first-order chi connectivity index (χ1) is 25.4. The lowest BCUT2D eigenvalue weighted by atomic mass is 9.79. The minimum atomic E-state index is -0.707. The fraction of sp³-hybridized carbons (Fsp3) is 0.152. The van der Waals surface area contributed by atoms with E-state index in [9.17, 15) is 5.11 Å². The van der Waals surface area contributed by atoms with Crippen LogP contribution in [0.25, 0.3) is 6.08 Å². The summed E-state index contributed by atoms with van der Waals surface area (Å²) in [6.07, 6.45) is 5.64. The third-order valence-corrected chi connectivity index (χ3v) is 10.2. The maximum absolute atomic E-state index is 10.0. The minimum Gasteiger partial charge on any atom is -0.378 e. The number of para-hydroxylation sites is 3. The van der Waals surface area contributed by atoms with Crippen molar-refractivity contribution < 1.29 is 9.84 Å². The average Bonchev–Trinajstić information content (AvgIpc) is 3.44. The third-order valence-electron chi connectivity index (χ3n) is 10.2. The third kappa shape index (κ3) is 6.74. The van der Waals surface area contributed by atoms with E-state index in [4.69, 9.17) is 9.84 Å². The van der Waals surface area contributed by atoms with E-state index in [-0.39, 0.29) is 17.4 Å². The number of nitrogens with one attached hydrogen (secondary N) is 1. The number of ether oxygens (including phenoxy) is 1. The molecule has 0 radical (unpaired) electrons. The highest BCUT2D eigenvalue weighted by Crippen LogP contribution is 2.44. The monoisotopic (exact) mass is 682 g/mol. The van der Waals surface area contributed by atoms with Crippen molar-refractivity contribution >= 4 is 46.4 Å². The zero-order valence-electron chi connectivity index (χ0n) is 29.4. The fourth-order valence-corrected chi connectivity index (χ4v) is 7.02. The molecule has 0 amide bonds. The van der Waals surface area contributed by atoms with Crippen molar-refractivity contribution in [1.29, 1.82) is 0 Å². The number of hydrogen-bond acceptors (Lipinski definition) is 6. The molecule has 0 aliphatic carbocycles. The number of nitrogens with zero attached hydrogens (tertiary/aromatic N) is 3. The summed E-state index contributed by atoms with van der Waals surface area (Å²) in [5, 5.41) is 20.7. The highest BCUT2D eigenvalue weighted by molar-refractivity contribution is 5.84. The number of rotatable bonds is 10. The second-order valence-electron chi connectivity index (χ2n) is 13.9. The second kappa shape index (κ2) is 14.3. The normalized spacial score (nSPS) is 18.9. The Morgan fingerprint density at radius 2 is 1.21 bits per heavy atom. The Morgan fingerprint density at radius 3 is 1.79 bits per heavy atom. The molecule has 2 aliphatic heterocycles. The van der Waals surface area contributed by atoms with Gasteiger partial charge >= 0.3 is 0 Å². The first-order valence-electron chi connectivity index (χ1n) is 17.8. The molecule has 6 nitrogen and oxygen atoms in total. The minimum absolute atomic E-state index is 0.0466. The maximum Gasteiger partial charge on any atom is 0.163 e. The summed E-state index contributed by atoms with van der Waals surface area (Å²) in [7, 11) is 0. The SMILES string of the molecule is CC1(C)c2cc(C3COC3O)ccc2NC1C=Cc1ccc(N(N=Cc2ccc(N(c3ccccc3)c3ccccc3)cc2)c2ccccc2)cc1. The van der Waals surface area contributed by atoms with Crippen LogP contribution in [0.3, 0.4) is 0 Å². The molecule has 6 heteroatoms. The summed E-state index contributed by atoms with van der Waals surface area (Å²) < 4.78 is 5.21. The van der Waals surface area contributed by atoms with Crippen molar-refractivity contribution in [2.45, 2.75) is 37.5 Å². The molecule has 2 aliphatic rings. The van der Waals surface area contributed by atoms with Crippen molar-refractivity contribution in [1.82, 2.24) is 0 Å². The highest BCUT2D eigenvalue weighted by atomic mass is 16.6. The van der Waals surface area contributed by atoms with E-state index in [1.807, 2.05) is 41.6 Å². The molecule has 52 heavy (non-hydrogen) atoms. The molecule has 6 aromatic carbocycles. The highest BCUT2D eigenvalue weighted by Gasteiger charge is 2.39. The van der Waals surface area contributed by atoms with Crippen LogP contribution in [0, 0.1) is 0 Å². The Kier molecular flexibility index (Phi) is 9.16. The van der Waals surface area contributed by atoms with Gasteiger partial charge in [-0.15, -0.1) is 0 Å². The molecule has 0 spiro atoms. The number of fused-ring (bicyclic) bond motifs is 1. The molecule has 1 fully saturated rings. The van der Waals surface area contributed by atoms with Gasteiger partial charge in [0.05, 0.1) is 36.2 Å². The molecule has 8 rings (SSSR count). The number of hydrazone groups is 1. The predicted molar refractivity (Wildman–Crippen MR) is 214 cm³/mol. The fourth-order valence-electron chi connectivity index (χ4n) is 7.02. The lowest BCUT2D eigenvalue weighted by Crippen LogP contribution is -2.37. The summed E-state index contributed by atoms with van der Waals surface area (Å²) >= 11 is 0. The van der Waals surface area contributed by atoms with Crippen molar-refractivity contribution in [3.8, 4) is 0 Å². The van der Waals surface area contributed by atoms with Crippen LogP contribution in [0.4, 0.5) is 34.1 Å². The van der Waals surface area contributed by atoms with E-state index in [0.29, 0.717) is 6.61 Å². The first kappa shape index (κ1) is 33.2. The number of benzene rings is 6. The van der Waals surface area contributed by atoms with Crippen molar-refractivity contribution in [3.63, 3.8) is 0 Å². The molecule has 0 aromatic heterocycles. The van der Waals surface area contributed by atoms with Gasteiger partial charge in [0.15, 0.2) is 6.29 Å². The molecule has 2 heterocycles. The van der Waals surface area contributed by atoms with Gasteiger partial charge in [-0.3, -0.25) is 0 Å². The lowest BCUT2D eigenvalue weighted by molar-refractivity contribution is -0.202. The quantitative estimate of drug-likeness (QED) is 0.111. The zero-order chi connectivity index (χ0) is 35.5. The number of aliphatic hydroxyl groups excluding tert-OH is 1. The number of aliphatic hydroxyl groups is 1. The Morgan fingerprint density at radius 1 is 0.673 bits per heavy atom. The molecule has 0 saturated carbocycles. The van der Waals surface area contributed by atoms with Crippen LogP contribution in [-0.2, 0) is 10.2 Å². The van der Waals surface area contributed by atoms with Gasteiger partial charge in [0.1, 0.15) is 0 Å². The van der Waals surface area contributed by atoms with Gasteiger partial charge in [0.2, 0.25) is 0 Å². The van der Waals surface area contributed by atoms with E-state index < -0.39 is 6.29 Å². The van der Waals surface area contributed by atoms with Crippen LogP contribution < -0.4 is 15.2 Å². The summed E-state index contributed by atoms with van der Waals surface area (Å²) in [5.74, 6) is 0.0466. The first-order valence-corrected chi connectivity index (χ1v) is 17.8. The Bertz CT molecular complexity index is 2130. The van der Waals surface area contributed by atoms with Gasteiger partial charge in [-0.2, -0.15) is 5.10 Å². The molecule has 1 saturated heterocycles. The van der Waals surface area contributed by atoms with Crippen LogP contribution in [0.2, 0.25) is 0 Å². The largest absolute Gasteiger partial charge is 0.378 e. The molecular formula is C46H42N4O2. The summed E-state index contributed by atoms with van der Waals surface area (Å²) in [6, 6.07) is 54.7. The number of anilines is 6. The van der Waals surface area contributed by atoms with E-state index >= 15 is 0 Å². The van der Waals surface area contributed by atoms with Gasteiger partial charge in [-0.25, -0.2) is 5.01 Å². The van der Waals surface area contributed by atoms with Gasteiger partial charge in [0, 0.05) is 28.2 Å². The van der Waals surface area contributed by atoms with Crippen LogP contribution >= 0.6 is 0 Å². The van der Waals surface area contributed by atoms with Crippen LogP contribution in [0.15, 0.2) is 169 Å². The molecule has 3 atom stereocenters. The van der Waals surface area contributed by atoms with Gasteiger partial charge in [-0.1, -0.05) is 117 Å². The van der Waals surface area contributed by atoms with Crippen molar-refractivity contribution in [2.24, 2.45) is 5.10 Å². The smallest absolute Gasteiger partial charge is 0.163 e. The van der Waals surface area contributed by atoms with E-state index in [1.165, 1.54) is 5.56 Å². The van der Waals surface area contributed by atoms with E-state index in [2.05, 4.69) is 164 Å². The van der Waals surface area contributed by atoms with Crippen LogP contribution in [0.5, 0.6) is 0 Å². The average molecular weight is 683 g/mol. The van der Waals surface area contributed by atoms with Crippen molar-refractivity contribution in [3.05, 3.63) is 186 Å². The van der Waals surface area contributed by atoms with Gasteiger partial charge < -0.3 is 20.1 Å². The van der Waals surface area contributed by atoms with E-state index in [1.54, 1.807) is 0 Å². The van der Waals surface area contributed by atoms with Gasteiger partial charge in [0.25, 0.3) is 0 Å². The van der Waals surface area contributed by atoms with E-state index in [0.717, 1.165) is 50.8 Å². The zero-order valence-corrected chi connectivity index (χ0v) is 29.4. The lowest BCUT2D eigenvalue weighted by Gasteiger charge is -2.33. The predicted octanol–water partition coefficient (Wildman–Crippen LogP) is 10.5. The van der Waals surface area contributed by atoms with Crippen molar-refractivity contribution in [2.75, 3.05) is 21.8 Å². The maximum atomic E-state index is 10.0. The molecule has 6 aromatic rings. The Labute approximate surface area is 306 Å². The molecule has 0 bridgehead atoms. The standard InChI is InChI=1S/C46H42N4O2/c1-46(2)42-30-35(41-32-52-45(41)51)23-28-43(42)48-44(46)29-22-33-18-26-40(27-19-33)50(39-16-10-5-11-17-39)47-31-34-20-24-38(25-21-34)49(36-12-6-3-7-13-36)37-14-8-4-9-15-37/h3-31,41,44-45,48,51H,32H2,1-2H3. The van der Waals surface area contributed by atoms with Gasteiger partial charge in [-0.05, 0) is 89.0 Å².